The van der Waals surface area contributed by atoms with Gasteiger partial charge in [-0.15, -0.1) is 0 Å². The van der Waals surface area contributed by atoms with E-state index in [0.29, 0.717) is 17.7 Å². The molecule has 1 aliphatic carbocycles. The van der Waals surface area contributed by atoms with Crippen LogP contribution in [-0.4, -0.2) is 35.0 Å². The van der Waals surface area contributed by atoms with Gasteiger partial charge in [0.1, 0.15) is 5.82 Å². The predicted molar refractivity (Wildman–Crippen MR) is 114 cm³/mol. The molecule has 0 spiro atoms. The summed E-state index contributed by atoms with van der Waals surface area (Å²) in [6.07, 6.45) is 3.10. The average molecular weight is 424 g/mol. The second-order valence-electron chi connectivity index (χ2n) is 7.59. The fourth-order valence-electron chi connectivity index (χ4n) is 3.50. The van der Waals surface area contributed by atoms with Crippen molar-refractivity contribution < 1.29 is 18.8 Å². The molecule has 154 valence electrons. The summed E-state index contributed by atoms with van der Waals surface area (Å²) in [6, 6.07) is 13.7. The Morgan fingerprint density at radius 3 is 2.43 bits per heavy atom. The van der Waals surface area contributed by atoms with Crippen LogP contribution in [0.4, 0.5) is 9.18 Å². The van der Waals surface area contributed by atoms with E-state index in [1.165, 1.54) is 12.1 Å². The van der Waals surface area contributed by atoms with Crippen molar-refractivity contribution in [1.82, 2.24) is 10.2 Å². The van der Waals surface area contributed by atoms with Crippen LogP contribution < -0.4 is 5.32 Å². The normalized spacial score (nSPS) is 18.7. The van der Waals surface area contributed by atoms with Gasteiger partial charge in [0, 0.05) is 13.1 Å². The number of hydrogen-bond acceptors (Lipinski definition) is 4. The van der Waals surface area contributed by atoms with Crippen molar-refractivity contribution in [1.29, 1.82) is 0 Å². The molecule has 0 atom stereocenters. The van der Waals surface area contributed by atoms with Crippen molar-refractivity contribution in [2.24, 2.45) is 0 Å². The minimum Gasteiger partial charge on any atom is -0.354 e. The van der Waals surface area contributed by atoms with Crippen LogP contribution in [0.25, 0.3) is 6.08 Å². The van der Waals surface area contributed by atoms with E-state index >= 15 is 0 Å². The van der Waals surface area contributed by atoms with Crippen molar-refractivity contribution in [2.75, 3.05) is 13.1 Å². The Morgan fingerprint density at radius 2 is 1.80 bits per heavy atom. The number of rotatable bonds is 6. The van der Waals surface area contributed by atoms with Crippen LogP contribution in [0.1, 0.15) is 29.5 Å². The third-order valence-electron chi connectivity index (χ3n) is 5.45. The first-order valence-corrected chi connectivity index (χ1v) is 10.6. The minimum absolute atomic E-state index is 0.112. The molecule has 1 saturated carbocycles. The Balaban J connectivity index is 1.35. The van der Waals surface area contributed by atoms with E-state index in [0.717, 1.165) is 33.4 Å². The topological polar surface area (TPSA) is 66.5 Å². The largest absolute Gasteiger partial charge is 0.354 e. The molecular formula is C23H21FN2O3S. The third-order valence-corrected chi connectivity index (χ3v) is 6.36. The standard InChI is InChI=1S/C23H21FN2O3S/c1-15-2-4-16(5-3-15)14-19-20(27)26(22(29)30-19)13-12-25-21(28)23(10-11-23)17-6-8-18(24)9-7-17/h2-9,14H,10-13H2,1H3,(H,25,28)/b19-14-. The molecule has 4 rings (SSSR count). The molecule has 1 N–H and O–H groups in total. The van der Waals surface area contributed by atoms with Crippen LogP contribution in [0, 0.1) is 12.7 Å². The summed E-state index contributed by atoms with van der Waals surface area (Å²) in [6.45, 7) is 2.27. The van der Waals surface area contributed by atoms with Gasteiger partial charge >= 0.3 is 0 Å². The number of halogens is 1. The lowest BCUT2D eigenvalue weighted by atomic mass is 9.95. The first kappa shape index (κ1) is 20.3. The third kappa shape index (κ3) is 4.03. The first-order valence-electron chi connectivity index (χ1n) is 9.75. The lowest BCUT2D eigenvalue weighted by Gasteiger charge is -2.17. The van der Waals surface area contributed by atoms with E-state index < -0.39 is 5.41 Å². The molecule has 5 nitrogen and oxygen atoms in total. The summed E-state index contributed by atoms with van der Waals surface area (Å²) in [4.78, 5) is 39.1. The van der Waals surface area contributed by atoms with Crippen molar-refractivity contribution in [3.8, 4) is 0 Å². The molecule has 2 fully saturated rings. The van der Waals surface area contributed by atoms with Gasteiger partial charge in [0.15, 0.2) is 0 Å². The number of aryl methyl sites for hydroxylation is 1. The Bertz CT molecular complexity index is 1030. The number of thioether (sulfide) groups is 1. The number of carbonyl (C=O) groups excluding carboxylic acids is 3. The van der Waals surface area contributed by atoms with Gasteiger partial charge in [-0.05, 0) is 60.9 Å². The molecule has 30 heavy (non-hydrogen) atoms. The van der Waals surface area contributed by atoms with E-state index in [2.05, 4.69) is 5.32 Å². The quantitative estimate of drug-likeness (QED) is 0.712. The minimum atomic E-state index is -0.627. The molecule has 2 aliphatic rings. The maximum absolute atomic E-state index is 13.2. The predicted octanol–water partition coefficient (Wildman–Crippen LogP) is 4.02. The fraction of sp³-hybridized carbons (Fsp3) is 0.261. The molecule has 3 amide bonds. The number of hydrogen-bond donors (Lipinski definition) is 1. The zero-order valence-electron chi connectivity index (χ0n) is 16.5. The van der Waals surface area contributed by atoms with Gasteiger partial charge in [-0.3, -0.25) is 19.3 Å². The van der Waals surface area contributed by atoms with Crippen LogP contribution in [0.5, 0.6) is 0 Å². The number of benzene rings is 2. The zero-order valence-corrected chi connectivity index (χ0v) is 17.3. The highest BCUT2D eigenvalue weighted by atomic mass is 32.2. The molecule has 7 heteroatoms. The summed E-state index contributed by atoms with van der Waals surface area (Å²) in [5.41, 5.74) is 2.13. The van der Waals surface area contributed by atoms with E-state index in [4.69, 9.17) is 0 Å². The number of carbonyl (C=O) groups is 3. The highest BCUT2D eigenvalue weighted by molar-refractivity contribution is 8.18. The van der Waals surface area contributed by atoms with E-state index in [9.17, 15) is 18.8 Å². The molecule has 1 saturated heterocycles. The van der Waals surface area contributed by atoms with Gasteiger partial charge in [-0.2, -0.15) is 0 Å². The van der Waals surface area contributed by atoms with Crippen molar-refractivity contribution in [3.05, 3.63) is 75.9 Å². The molecule has 0 radical (unpaired) electrons. The van der Waals surface area contributed by atoms with Crippen molar-refractivity contribution in [3.63, 3.8) is 0 Å². The highest BCUT2D eigenvalue weighted by Crippen LogP contribution is 2.48. The number of amides is 3. The Morgan fingerprint density at radius 1 is 1.13 bits per heavy atom. The van der Waals surface area contributed by atoms with Gasteiger partial charge < -0.3 is 5.32 Å². The van der Waals surface area contributed by atoms with Crippen LogP contribution in [-0.2, 0) is 15.0 Å². The van der Waals surface area contributed by atoms with Gasteiger partial charge in [-0.1, -0.05) is 42.0 Å². The summed E-state index contributed by atoms with van der Waals surface area (Å²) >= 11 is 0.906. The lowest BCUT2D eigenvalue weighted by molar-refractivity contribution is -0.125. The molecule has 1 heterocycles. The number of nitrogens with one attached hydrogen (secondary N) is 1. The molecule has 2 aromatic rings. The highest BCUT2D eigenvalue weighted by Gasteiger charge is 2.51. The zero-order chi connectivity index (χ0) is 21.3. The maximum Gasteiger partial charge on any atom is 0.293 e. The molecule has 0 aromatic heterocycles. The molecular weight excluding hydrogens is 403 g/mol. The monoisotopic (exact) mass is 424 g/mol. The Labute approximate surface area is 178 Å². The van der Waals surface area contributed by atoms with Crippen LogP contribution >= 0.6 is 11.8 Å². The SMILES string of the molecule is Cc1ccc(/C=C2\SC(=O)N(CCNC(=O)C3(c4ccc(F)cc4)CC3)C2=O)cc1. The smallest absolute Gasteiger partial charge is 0.293 e. The lowest BCUT2D eigenvalue weighted by Crippen LogP contribution is -2.41. The average Bonchev–Trinajstić information content (AvgIpc) is 3.49. The second-order valence-corrected chi connectivity index (χ2v) is 8.58. The summed E-state index contributed by atoms with van der Waals surface area (Å²) in [5, 5.41) is 2.49. The van der Waals surface area contributed by atoms with E-state index in [1.807, 2.05) is 31.2 Å². The van der Waals surface area contributed by atoms with Gasteiger partial charge in [0.05, 0.1) is 10.3 Å². The van der Waals surface area contributed by atoms with Crippen molar-refractivity contribution in [2.45, 2.75) is 25.2 Å². The maximum atomic E-state index is 13.2. The summed E-state index contributed by atoms with van der Waals surface area (Å²) in [5.74, 6) is -0.844. The van der Waals surface area contributed by atoms with Gasteiger partial charge in [0.2, 0.25) is 5.91 Å². The summed E-state index contributed by atoms with van der Waals surface area (Å²) in [7, 11) is 0. The van der Waals surface area contributed by atoms with E-state index in [1.54, 1.807) is 18.2 Å². The van der Waals surface area contributed by atoms with E-state index in [-0.39, 0.29) is 36.0 Å². The van der Waals surface area contributed by atoms with Crippen molar-refractivity contribution >= 4 is 34.9 Å². The molecule has 1 aliphatic heterocycles. The van der Waals surface area contributed by atoms with Crippen LogP contribution in [0.3, 0.4) is 0 Å². The molecule has 0 unspecified atom stereocenters. The Hall–Kier alpha value is -2.93. The molecule has 0 bridgehead atoms. The van der Waals surface area contributed by atoms with Gasteiger partial charge in [-0.25, -0.2) is 4.39 Å². The number of imide groups is 1. The number of nitrogens with zero attached hydrogens (tertiary/aromatic N) is 1. The Kier molecular flexibility index (Phi) is 5.47. The summed E-state index contributed by atoms with van der Waals surface area (Å²) < 4.78 is 13.2. The van der Waals surface area contributed by atoms with Crippen LogP contribution in [0.2, 0.25) is 0 Å². The molecule has 2 aromatic carbocycles. The van der Waals surface area contributed by atoms with Gasteiger partial charge in [0.25, 0.3) is 11.1 Å². The second kappa shape index (κ2) is 8.07. The fourth-order valence-corrected chi connectivity index (χ4v) is 4.36. The first-order chi connectivity index (χ1) is 14.4. The van der Waals surface area contributed by atoms with Crippen LogP contribution in [0.15, 0.2) is 53.4 Å².